The maximum Gasteiger partial charge on any atom is 0.0444 e. The zero-order chi connectivity index (χ0) is 25.5. The van der Waals surface area contributed by atoms with Crippen molar-refractivity contribution in [3.63, 3.8) is 0 Å². The summed E-state index contributed by atoms with van der Waals surface area (Å²) in [5.74, 6) is 0.208. The number of aryl methyl sites for hydroxylation is 1. The first kappa shape index (κ1) is 28.4. The molecule has 0 heterocycles. The molecule has 0 radical (unpaired) electrons. The standard InChI is InChI=1S/C29H39N3O2S/c1-24(31-21-11-12-23-35(33)34)14-7-5-4-6-8-15-25(2)32(22-13-20-30)29-19-18-27-16-9-10-17-28(27)26(29)3/h4-10,14-19H,11-13,20-23,30H2,1-3H3,(H,33,34)/p-1/b5-4+,8-6+,14-7+,25-15+,31-24?. The Bertz CT molecular complexity index is 1120. The SMILES string of the molecule is CC(/C=C/C=C/C=C/C=C(\C)N(CCCN)c1ccc2ccccc2c1C)=NCCCCS(=O)[O-]. The number of unbranched alkanes of at least 4 members (excludes halogenated alkanes) is 1. The first-order chi connectivity index (χ1) is 16.9. The zero-order valence-corrected chi connectivity index (χ0v) is 22.0. The Kier molecular flexibility index (Phi) is 13.0. The Hall–Kier alpha value is -2.80. The van der Waals surface area contributed by atoms with Crippen LogP contribution in [0.5, 0.6) is 0 Å². The van der Waals surface area contributed by atoms with Gasteiger partial charge in [0.25, 0.3) is 0 Å². The number of rotatable bonds is 14. The second-order valence-electron chi connectivity index (χ2n) is 8.40. The van der Waals surface area contributed by atoms with Crippen molar-refractivity contribution in [3.8, 4) is 0 Å². The average molecular weight is 493 g/mol. The van der Waals surface area contributed by atoms with Crippen LogP contribution < -0.4 is 10.6 Å². The van der Waals surface area contributed by atoms with Gasteiger partial charge in [-0.15, -0.1) is 0 Å². The van der Waals surface area contributed by atoms with Gasteiger partial charge in [0.05, 0.1) is 0 Å². The van der Waals surface area contributed by atoms with Crippen LogP contribution in [-0.2, 0) is 11.1 Å². The molecule has 0 spiro atoms. The summed E-state index contributed by atoms with van der Waals surface area (Å²) in [5.41, 5.74) is 10.4. The molecule has 0 aliphatic rings. The monoisotopic (exact) mass is 492 g/mol. The number of nitrogens with zero attached hydrogens (tertiary/aromatic N) is 2. The summed E-state index contributed by atoms with van der Waals surface area (Å²) in [6.07, 6.45) is 16.4. The summed E-state index contributed by atoms with van der Waals surface area (Å²) in [4.78, 5) is 6.77. The van der Waals surface area contributed by atoms with Gasteiger partial charge in [0.2, 0.25) is 0 Å². The molecule has 0 saturated heterocycles. The van der Waals surface area contributed by atoms with Crippen LogP contribution in [0.15, 0.2) is 89.6 Å². The van der Waals surface area contributed by atoms with Gasteiger partial charge in [0.15, 0.2) is 0 Å². The lowest BCUT2D eigenvalue weighted by Crippen LogP contribution is -2.25. The molecule has 35 heavy (non-hydrogen) atoms. The van der Waals surface area contributed by atoms with E-state index in [4.69, 9.17) is 5.73 Å². The Morgan fingerprint density at radius 2 is 1.77 bits per heavy atom. The quantitative estimate of drug-likeness (QED) is 0.152. The molecule has 1 atom stereocenters. The smallest absolute Gasteiger partial charge is 0.0444 e. The summed E-state index contributed by atoms with van der Waals surface area (Å²) < 4.78 is 21.0. The molecule has 1 unspecified atom stereocenters. The highest BCUT2D eigenvalue weighted by Gasteiger charge is 2.12. The van der Waals surface area contributed by atoms with Crippen LogP contribution in [-0.4, -0.2) is 39.9 Å². The van der Waals surface area contributed by atoms with Crippen molar-refractivity contribution < 1.29 is 8.76 Å². The van der Waals surface area contributed by atoms with Crippen LogP contribution >= 0.6 is 0 Å². The van der Waals surface area contributed by atoms with E-state index in [1.165, 1.54) is 27.7 Å². The van der Waals surface area contributed by atoms with Crippen molar-refractivity contribution in [2.75, 3.05) is 30.3 Å². The maximum atomic E-state index is 10.5. The lowest BCUT2D eigenvalue weighted by atomic mass is 10.0. The van der Waals surface area contributed by atoms with Crippen molar-refractivity contribution in [2.45, 2.75) is 40.0 Å². The van der Waals surface area contributed by atoms with Crippen LogP contribution in [0.3, 0.4) is 0 Å². The minimum absolute atomic E-state index is 0.208. The number of fused-ring (bicyclic) bond motifs is 1. The van der Waals surface area contributed by atoms with E-state index in [2.05, 4.69) is 66.2 Å². The topological polar surface area (TPSA) is 81.8 Å². The predicted octanol–water partition coefficient (Wildman–Crippen LogP) is 6.00. The minimum atomic E-state index is -1.95. The first-order valence-electron chi connectivity index (χ1n) is 12.1. The molecule has 2 N–H and O–H groups in total. The fraction of sp³-hybridized carbons (Fsp3) is 0.345. The van der Waals surface area contributed by atoms with Gasteiger partial charge >= 0.3 is 0 Å². The molecule has 0 saturated carbocycles. The number of aliphatic imine (C=N–C) groups is 1. The van der Waals surface area contributed by atoms with Gasteiger partial charge in [-0.2, -0.15) is 0 Å². The normalized spacial score (nSPS) is 14.1. The summed E-state index contributed by atoms with van der Waals surface area (Å²) in [7, 11) is 0. The summed E-state index contributed by atoms with van der Waals surface area (Å²) in [5, 5.41) is 2.53. The number of allylic oxidation sites excluding steroid dienone is 8. The highest BCUT2D eigenvalue weighted by molar-refractivity contribution is 7.79. The molecular weight excluding hydrogens is 454 g/mol. The molecule has 0 bridgehead atoms. The molecule has 0 amide bonds. The molecule has 188 valence electrons. The van der Waals surface area contributed by atoms with E-state index < -0.39 is 11.1 Å². The Labute approximate surface area is 213 Å². The van der Waals surface area contributed by atoms with Gasteiger partial charge in [-0.25, -0.2) is 0 Å². The molecule has 0 fully saturated rings. The van der Waals surface area contributed by atoms with Gasteiger partial charge in [-0.1, -0.05) is 71.8 Å². The van der Waals surface area contributed by atoms with E-state index >= 15 is 0 Å². The molecule has 6 heteroatoms. The third-order valence-corrected chi connectivity index (χ3v) is 6.29. The van der Waals surface area contributed by atoms with Crippen molar-refractivity contribution in [1.82, 2.24) is 0 Å². The molecule has 2 aromatic carbocycles. The molecule has 0 aromatic heterocycles. The number of hydrogen-bond acceptors (Lipinski definition) is 5. The van der Waals surface area contributed by atoms with Gasteiger partial charge in [-0.3, -0.25) is 9.20 Å². The number of anilines is 1. The van der Waals surface area contributed by atoms with Crippen LogP contribution in [0.1, 0.15) is 38.7 Å². The van der Waals surface area contributed by atoms with Gasteiger partial charge in [0.1, 0.15) is 0 Å². The van der Waals surface area contributed by atoms with Gasteiger partial charge in [-0.05, 0) is 81.1 Å². The van der Waals surface area contributed by atoms with E-state index in [0.717, 1.165) is 25.1 Å². The van der Waals surface area contributed by atoms with E-state index in [9.17, 15) is 8.76 Å². The van der Waals surface area contributed by atoms with Crippen molar-refractivity contribution in [3.05, 3.63) is 90.2 Å². The van der Waals surface area contributed by atoms with Crippen molar-refractivity contribution >= 4 is 33.3 Å². The largest absolute Gasteiger partial charge is 0.772 e. The number of nitrogens with two attached hydrogens (primary N) is 1. The van der Waals surface area contributed by atoms with E-state index in [1.54, 1.807) is 0 Å². The molecule has 0 aliphatic carbocycles. The fourth-order valence-electron chi connectivity index (χ4n) is 3.76. The Morgan fingerprint density at radius 1 is 1.03 bits per heavy atom. The number of hydrogen-bond donors (Lipinski definition) is 1. The zero-order valence-electron chi connectivity index (χ0n) is 21.2. The Balaban J connectivity index is 1.99. The summed E-state index contributed by atoms with van der Waals surface area (Å²) in [6.45, 7) is 8.45. The predicted molar refractivity (Wildman–Crippen MR) is 152 cm³/mol. The first-order valence-corrected chi connectivity index (χ1v) is 13.4. The van der Waals surface area contributed by atoms with Crippen LogP contribution in [0, 0.1) is 6.92 Å². The highest BCUT2D eigenvalue weighted by atomic mass is 32.2. The van der Waals surface area contributed by atoms with Crippen LogP contribution in [0.4, 0.5) is 5.69 Å². The maximum absolute atomic E-state index is 10.5. The fourth-order valence-corrected chi connectivity index (χ4v) is 4.20. The summed E-state index contributed by atoms with van der Waals surface area (Å²) >= 11 is -1.95. The third kappa shape index (κ3) is 10.1. The van der Waals surface area contributed by atoms with Crippen LogP contribution in [0.25, 0.3) is 10.8 Å². The molecule has 2 rings (SSSR count). The highest BCUT2D eigenvalue weighted by Crippen LogP contribution is 2.30. The van der Waals surface area contributed by atoms with Crippen molar-refractivity contribution in [2.24, 2.45) is 10.7 Å². The Morgan fingerprint density at radius 3 is 2.54 bits per heavy atom. The number of benzene rings is 2. The van der Waals surface area contributed by atoms with E-state index in [1.807, 2.05) is 43.4 Å². The lowest BCUT2D eigenvalue weighted by Gasteiger charge is -2.28. The second kappa shape index (κ2) is 16.0. The average Bonchev–Trinajstić information content (AvgIpc) is 2.84. The lowest BCUT2D eigenvalue weighted by molar-refractivity contribution is 0.534. The minimum Gasteiger partial charge on any atom is -0.772 e. The third-order valence-electron chi connectivity index (χ3n) is 5.67. The summed E-state index contributed by atoms with van der Waals surface area (Å²) in [6, 6.07) is 12.9. The molecular formula is C29H38N3O2S-. The van der Waals surface area contributed by atoms with E-state index in [0.29, 0.717) is 19.5 Å². The molecule has 2 aromatic rings. The second-order valence-corrected chi connectivity index (χ2v) is 9.42. The van der Waals surface area contributed by atoms with Gasteiger partial charge < -0.3 is 15.2 Å². The molecule has 5 nitrogen and oxygen atoms in total. The van der Waals surface area contributed by atoms with Crippen molar-refractivity contribution in [1.29, 1.82) is 0 Å². The van der Waals surface area contributed by atoms with Crippen LogP contribution in [0.2, 0.25) is 0 Å². The molecule has 0 aliphatic heterocycles. The van der Waals surface area contributed by atoms with Gasteiger partial charge in [0, 0.05) is 35.9 Å². The van der Waals surface area contributed by atoms with E-state index in [-0.39, 0.29) is 5.75 Å².